The third-order valence-corrected chi connectivity index (χ3v) is 2.84. The van der Waals surface area contributed by atoms with E-state index in [-0.39, 0.29) is 5.78 Å². The lowest BCUT2D eigenvalue weighted by molar-refractivity contribution is 0.102. The lowest BCUT2D eigenvalue weighted by Crippen LogP contribution is -2.13. The molecule has 0 saturated carbocycles. The van der Waals surface area contributed by atoms with Crippen molar-refractivity contribution in [3.63, 3.8) is 0 Å². The van der Waals surface area contributed by atoms with Gasteiger partial charge in [0.1, 0.15) is 0 Å². The van der Waals surface area contributed by atoms with Crippen LogP contribution < -0.4 is 4.74 Å². The molecule has 0 aromatic carbocycles. The molecule has 19 heavy (non-hydrogen) atoms. The molecule has 0 aliphatic carbocycles. The number of nitrogens with zero attached hydrogens (tertiary/aromatic N) is 3. The highest BCUT2D eigenvalue weighted by atomic mass is 16.5. The lowest BCUT2D eigenvalue weighted by atomic mass is 10.1. The number of carbonyl (C=O) groups is 1. The summed E-state index contributed by atoms with van der Waals surface area (Å²) in [6.07, 6.45) is 4.12. The molecule has 2 aromatic heterocycles. The van der Waals surface area contributed by atoms with Crippen molar-refractivity contribution in [1.82, 2.24) is 14.8 Å². The first-order valence-corrected chi connectivity index (χ1v) is 6.24. The van der Waals surface area contributed by atoms with Crippen LogP contribution in [0.1, 0.15) is 35.1 Å². The van der Waals surface area contributed by atoms with Crippen molar-refractivity contribution in [2.24, 2.45) is 0 Å². The molecule has 0 unspecified atom stereocenters. The summed E-state index contributed by atoms with van der Waals surface area (Å²) in [6, 6.07) is 3.48. The first kappa shape index (κ1) is 13.3. The maximum Gasteiger partial charge on any atom is 0.214 e. The number of hydrogen-bond acceptors (Lipinski definition) is 4. The predicted octanol–water partition coefficient (Wildman–Crippen LogP) is 2.24. The summed E-state index contributed by atoms with van der Waals surface area (Å²) in [4.78, 5) is 16.7. The number of hydrogen-bond donors (Lipinski definition) is 0. The zero-order valence-electron chi connectivity index (χ0n) is 11.4. The van der Waals surface area contributed by atoms with Crippen molar-refractivity contribution in [3.05, 3.63) is 41.5 Å². The zero-order chi connectivity index (χ0) is 13.8. The Morgan fingerprint density at radius 3 is 2.89 bits per heavy atom. The van der Waals surface area contributed by atoms with Crippen LogP contribution in [-0.2, 0) is 6.54 Å². The number of ketones is 1. The zero-order valence-corrected chi connectivity index (χ0v) is 11.4. The molecule has 2 aromatic rings. The van der Waals surface area contributed by atoms with Crippen molar-refractivity contribution in [2.45, 2.75) is 26.8 Å². The van der Waals surface area contributed by atoms with Gasteiger partial charge in [-0.2, -0.15) is 5.10 Å². The molecule has 0 bridgehead atoms. The predicted molar refractivity (Wildman–Crippen MR) is 71.5 cm³/mol. The first-order valence-electron chi connectivity index (χ1n) is 6.24. The van der Waals surface area contributed by atoms with Crippen LogP contribution in [0.25, 0.3) is 0 Å². The summed E-state index contributed by atoms with van der Waals surface area (Å²) < 4.78 is 6.92. The van der Waals surface area contributed by atoms with Crippen LogP contribution in [0.5, 0.6) is 5.75 Å². The summed E-state index contributed by atoms with van der Waals surface area (Å²) in [7, 11) is 1.54. The second-order valence-electron chi connectivity index (χ2n) is 4.30. The summed E-state index contributed by atoms with van der Waals surface area (Å²) in [5, 5.41) is 4.20. The summed E-state index contributed by atoms with van der Waals surface area (Å²) >= 11 is 0. The number of ether oxygens (including phenoxy) is 1. The monoisotopic (exact) mass is 259 g/mol. The van der Waals surface area contributed by atoms with Crippen molar-refractivity contribution in [3.8, 4) is 5.75 Å². The average Bonchev–Trinajstić information content (AvgIpc) is 2.81. The molecule has 0 atom stereocenters. The fraction of sp³-hybridized carbons (Fsp3) is 0.357. The number of aromatic nitrogens is 3. The molecule has 0 fully saturated rings. The maximum absolute atomic E-state index is 12.6. The van der Waals surface area contributed by atoms with Gasteiger partial charge >= 0.3 is 0 Å². The van der Waals surface area contributed by atoms with Gasteiger partial charge in [-0.25, -0.2) is 0 Å². The Balaban J connectivity index is 2.45. The van der Waals surface area contributed by atoms with Crippen LogP contribution in [0.4, 0.5) is 0 Å². The topological polar surface area (TPSA) is 57.0 Å². The molecule has 0 aliphatic heterocycles. The fourth-order valence-corrected chi connectivity index (χ4v) is 1.95. The Hall–Kier alpha value is -2.17. The van der Waals surface area contributed by atoms with E-state index in [0.29, 0.717) is 23.6 Å². The van der Waals surface area contributed by atoms with Crippen molar-refractivity contribution in [2.75, 3.05) is 7.11 Å². The second-order valence-corrected chi connectivity index (χ2v) is 4.30. The Kier molecular flexibility index (Phi) is 3.94. The molecule has 0 aliphatic rings. The maximum atomic E-state index is 12.6. The normalized spacial score (nSPS) is 10.5. The molecule has 0 N–H and O–H groups in total. The molecular weight excluding hydrogens is 242 g/mol. The molecule has 5 heteroatoms. The van der Waals surface area contributed by atoms with Crippen LogP contribution in [0.2, 0.25) is 0 Å². The number of rotatable bonds is 5. The van der Waals surface area contributed by atoms with E-state index in [2.05, 4.69) is 10.1 Å². The number of pyridine rings is 1. The third-order valence-electron chi connectivity index (χ3n) is 2.84. The highest BCUT2D eigenvalue weighted by Crippen LogP contribution is 2.21. The van der Waals surface area contributed by atoms with Gasteiger partial charge in [-0.15, -0.1) is 0 Å². The largest absolute Gasteiger partial charge is 0.493 e. The highest BCUT2D eigenvalue weighted by molar-refractivity contribution is 6.09. The lowest BCUT2D eigenvalue weighted by Gasteiger charge is -2.07. The minimum Gasteiger partial charge on any atom is -0.493 e. The molecule has 0 spiro atoms. The SMILES string of the molecule is CCCn1ncc(OC)c1C(=O)c1ccnc(C)c1. The summed E-state index contributed by atoms with van der Waals surface area (Å²) in [5.41, 5.74) is 1.91. The molecule has 100 valence electrons. The van der Waals surface area contributed by atoms with Crippen molar-refractivity contribution < 1.29 is 9.53 Å². The van der Waals surface area contributed by atoms with Crippen LogP contribution in [0.15, 0.2) is 24.5 Å². The van der Waals surface area contributed by atoms with Crippen molar-refractivity contribution in [1.29, 1.82) is 0 Å². The van der Waals surface area contributed by atoms with Gasteiger partial charge in [-0.05, 0) is 25.5 Å². The van der Waals surface area contributed by atoms with Gasteiger partial charge in [0.05, 0.1) is 13.3 Å². The molecule has 0 radical (unpaired) electrons. The number of aryl methyl sites for hydroxylation is 2. The highest BCUT2D eigenvalue weighted by Gasteiger charge is 2.20. The molecule has 2 rings (SSSR count). The van der Waals surface area contributed by atoms with E-state index in [1.807, 2.05) is 13.8 Å². The first-order chi connectivity index (χ1) is 9.17. The van der Waals surface area contributed by atoms with Crippen LogP contribution >= 0.6 is 0 Å². The van der Waals surface area contributed by atoms with E-state index in [1.165, 1.54) is 0 Å². The standard InChI is InChI=1S/C14H17N3O2/c1-4-7-17-13(12(19-3)9-16-17)14(18)11-5-6-15-10(2)8-11/h5-6,8-9H,4,7H2,1-3H3. The summed E-state index contributed by atoms with van der Waals surface area (Å²) in [5.74, 6) is 0.418. The minimum absolute atomic E-state index is 0.0895. The van der Waals surface area contributed by atoms with E-state index >= 15 is 0 Å². The third kappa shape index (κ3) is 2.65. The Labute approximate surface area is 112 Å². The fourth-order valence-electron chi connectivity index (χ4n) is 1.95. The minimum atomic E-state index is -0.0895. The van der Waals surface area contributed by atoms with Gasteiger partial charge in [0.25, 0.3) is 0 Å². The second kappa shape index (κ2) is 5.65. The molecule has 5 nitrogen and oxygen atoms in total. The summed E-state index contributed by atoms with van der Waals surface area (Å²) in [6.45, 7) is 4.59. The molecule has 0 amide bonds. The van der Waals surface area contributed by atoms with Gasteiger partial charge in [0.15, 0.2) is 11.4 Å². The number of methoxy groups -OCH3 is 1. The van der Waals surface area contributed by atoms with Crippen LogP contribution in [0.3, 0.4) is 0 Å². The van der Waals surface area contributed by atoms with Gasteiger partial charge < -0.3 is 4.74 Å². The van der Waals surface area contributed by atoms with E-state index < -0.39 is 0 Å². The quantitative estimate of drug-likeness (QED) is 0.773. The van der Waals surface area contributed by atoms with Gasteiger partial charge in [0.2, 0.25) is 5.78 Å². The van der Waals surface area contributed by atoms with Crippen LogP contribution in [0, 0.1) is 6.92 Å². The molecule has 0 saturated heterocycles. The van der Waals surface area contributed by atoms with Crippen molar-refractivity contribution >= 4 is 5.78 Å². The van der Waals surface area contributed by atoms with E-state index in [1.54, 1.807) is 36.3 Å². The molecular formula is C14H17N3O2. The van der Waals surface area contributed by atoms with E-state index in [9.17, 15) is 4.79 Å². The van der Waals surface area contributed by atoms with E-state index in [4.69, 9.17) is 4.74 Å². The van der Waals surface area contributed by atoms with Gasteiger partial charge in [0, 0.05) is 24.0 Å². The van der Waals surface area contributed by atoms with E-state index in [0.717, 1.165) is 12.1 Å². The van der Waals surface area contributed by atoms with Crippen LogP contribution in [-0.4, -0.2) is 27.7 Å². The Bertz CT molecular complexity index is 590. The number of carbonyl (C=O) groups excluding carboxylic acids is 1. The average molecular weight is 259 g/mol. The molecule has 2 heterocycles. The van der Waals surface area contributed by atoms with Gasteiger partial charge in [-0.3, -0.25) is 14.5 Å². The smallest absolute Gasteiger partial charge is 0.214 e. The Morgan fingerprint density at radius 2 is 2.26 bits per heavy atom. The van der Waals surface area contributed by atoms with Gasteiger partial charge in [-0.1, -0.05) is 6.92 Å². The Morgan fingerprint density at radius 1 is 1.47 bits per heavy atom.